The molecule has 19 heteroatoms. The Kier molecular flexibility index (Phi) is 70.0. The Morgan fingerprint density at radius 1 is 0.250 bits per heavy atom. The number of unbranched alkanes of at least 4 members (excludes halogenated alkanes) is 52. The largest absolute Gasteiger partial charge is 0.472 e. The molecule has 0 aromatic rings. The van der Waals surface area contributed by atoms with Gasteiger partial charge in [0.05, 0.1) is 26.4 Å². The highest BCUT2D eigenvalue weighted by atomic mass is 31.2. The Bertz CT molecular complexity index is 1830. The first-order valence-electron chi connectivity index (χ1n) is 40.3. The Labute approximate surface area is 588 Å². The van der Waals surface area contributed by atoms with Crippen molar-refractivity contribution in [1.82, 2.24) is 0 Å². The minimum absolute atomic E-state index is 0.107. The number of phosphoric acid groups is 2. The van der Waals surface area contributed by atoms with Crippen molar-refractivity contribution in [2.24, 2.45) is 0 Å². The zero-order valence-electron chi connectivity index (χ0n) is 62.4. The molecule has 0 heterocycles. The van der Waals surface area contributed by atoms with Crippen LogP contribution in [0.3, 0.4) is 0 Å². The quantitative estimate of drug-likeness (QED) is 0.0222. The highest BCUT2D eigenvalue weighted by Gasteiger charge is 2.30. The maximum atomic E-state index is 13.1. The van der Waals surface area contributed by atoms with E-state index in [4.69, 9.17) is 37.0 Å². The molecule has 0 aliphatic heterocycles. The van der Waals surface area contributed by atoms with E-state index in [1.807, 2.05) is 0 Å². The fourth-order valence-corrected chi connectivity index (χ4v) is 13.5. The van der Waals surface area contributed by atoms with E-state index in [9.17, 15) is 43.2 Å². The van der Waals surface area contributed by atoms with Gasteiger partial charge in [-0.05, 0) is 25.7 Å². The highest BCUT2D eigenvalue weighted by Crippen LogP contribution is 2.45. The summed E-state index contributed by atoms with van der Waals surface area (Å²) in [6.07, 6.45) is 62.8. The number of aliphatic hydroxyl groups excluding tert-OH is 1. The molecule has 570 valence electrons. The lowest BCUT2D eigenvalue weighted by molar-refractivity contribution is -0.161. The molecule has 0 aromatic carbocycles. The summed E-state index contributed by atoms with van der Waals surface area (Å²) in [7, 11) is -9.90. The molecule has 96 heavy (non-hydrogen) atoms. The zero-order valence-corrected chi connectivity index (χ0v) is 64.1. The van der Waals surface area contributed by atoms with Gasteiger partial charge >= 0.3 is 39.5 Å². The Morgan fingerprint density at radius 3 is 0.615 bits per heavy atom. The third kappa shape index (κ3) is 70.5. The second-order valence-electron chi connectivity index (χ2n) is 27.7. The standard InChI is InChI=1S/C77H150O17P2/c1-5-9-13-17-21-24-27-29-31-33-34-35-36-37-39-41-43-45-48-52-56-60-64-77(82)94-73(68-88-75(80)62-58-54-50-47-44-42-40-38-32-30-28-25-22-18-14-10-6-2)70-92-96(85,86)90-66-71(78)65-89-95(83,84)91-69-72(67-87-74(79)61-57-53-49-20-16-12-8-4)93-76(81)63-59-55-51-46-26-23-19-15-11-7-3/h71-73,78H,5-70H2,1-4H3,(H,83,84)(H,85,86)/t71-,72+,73+/m0/s1. The number of carbonyl (C=O) groups excluding carboxylic acids is 4. The molecule has 2 unspecified atom stereocenters. The van der Waals surface area contributed by atoms with E-state index in [0.29, 0.717) is 25.7 Å². The minimum atomic E-state index is -4.96. The van der Waals surface area contributed by atoms with E-state index in [-0.39, 0.29) is 25.7 Å². The SMILES string of the molecule is CCCCCCCCCCCCCCCCCCCCCCCCC(=O)O[C@H](COC(=O)CCCCCCCCCCCCCCCCCCC)COP(=O)(O)OC[C@@H](O)COP(=O)(O)OC[C@@H](COC(=O)CCCCCCCCC)OC(=O)CCCCCCCCCCCC. The fourth-order valence-electron chi connectivity index (χ4n) is 11.9. The molecule has 0 aliphatic carbocycles. The zero-order chi connectivity index (χ0) is 70.4. The predicted molar refractivity (Wildman–Crippen MR) is 391 cm³/mol. The van der Waals surface area contributed by atoms with Crippen molar-refractivity contribution in [3.05, 3.63) is 0 Å². The third-order valence-electron chi connectivity index (χ3n) is 18.1. The highest BCUT2D eigenvalue weighted by molar-refractivity contribution is 7.47. The summed E-state index contributed by atoms with van der Waals surface area (Å²) in [5.74, 6) is -2.12. The molecule has 5 atom stereocenters. The average molecular weight is 1410 g/mol. The van der Waals surface area contributed by atoms with Crippen molar-refractivity contribution in [2.45, 2.75) is 431 Å². The second kappa shape index (κ2) is 71.5. The van der Waals surface area contributed by atoms with Crippen molar-refractivity contribution in [1.29, 1.82) is 0 Å². The van der Waals surface area contributed by atoms with Crippen LogP contribution < -0.4 is 0 Å². The monoisotopic (exact) mass is 1410 g/mol. The fraction of sp³-hybridized carbons (Fsp3) is 0.948. The molecule has 0 radical (unpaired) electrons. The van der Waals surface area contributed by atoms with Crippen LogP contribution in [0.4, 0.5) is 0 Å². The summed E-state index contributed by atoms with van der Waals surface area (Å²) >= 11 is 0. The van der Waals surface area contributed by atoms with Crippen LogP contribution >= 0.6 is 15.6 Å². The molecule has 0 spiro atoms. The maximum absolute atomic E-state index is 13.1. The van der Waals surface area contributed by atoms with Gasteiger partial charge in [-0.1, -0.05) is 362 Å². The van der Waals surface area contributed by atoms with Crippen LogP contribution in [0, 0.1) is 0 Å². The van der Waals surface area contributed by atoms with Gasteiger partial charge < -0.3 is 33.8 Å². The van der Waals surface area contributed by atoms with Crippen LogP contribution in [0.15, 0.2) is 0 Å². The number of hydrogen-bond acceptors (Lipinski definition) is 15. The third-order valence-corrected chi connectivity index (χ3v) is 20.0. The first-order chi connectivity index (χ1) is 46.7. The molecular weight excluding hydrogens is 1260 g/mol. The first kappa shape index (κ1) is 94.1. The van der Waals surface area contributed by atoms with Crippen molar-refractivity contribution < 1.29 is 80.2 Å². The van der Waals surface area contributed by atoms with Gasteiger partial charge in [0.25, 0.3) is 0 Å². The van der Waals surface area contributed by atoms with Crippen LogP contribution in [0.5, 0.6) is 0 Å². The summed E-state index contributed by atoms with van der Waals surface area (Å²) in [5.41, 5.74) is 0. The molecule has 0 saturated heterocycles. The van der Waals surface area contributed by atoms with Crippen molar-refractivity contribution >= 4 is 39.5 Å². The van der Waals surface area contributed by atoms with Crippen molar-refractivity contribution in [3.8, 4) is 0 Å². The number of ether oxygens (including phenoxy) is 4. The predicted octanol–water partition coefficient (Wildman–Crippen LogP) is 23.0. The molecule has 0 amide bonds. The Balaban J connectivity index is 5.13. The van der Waals surface area contributed by atoms with Gasteiger partial charge in [-0.3, -0.25) is 37.3 Å². The van der Waals surface area contributed by atoms with E-state index in [0.717, 1.165) is 103 Å². The topological polar surface area (TPSA) is 237 Å². The molecular formula is C77H150O17P2. The van der Waals surface area contributed by atoms with Crippen LogP contribution in [-0.2, 0) is 65.4 Å². The van der Waals surface area contributed by atoms with Gasteiger partial charge in [-0.15, -0.1) is 0 Å². The number of carbonyl (C=O) groups is 4. The van der Waals surface area contributed by atoms with Crippen LogP contribution in [0.25, 0.3) is 0 Å². The smallest absolute Gasteiger partial charge is 0.462 e. The van der Waals surface area contributed by atoms with E-state index in [2.05, 4.69) is 27.7 Å². The number of esters is 4. The molecule has 0 aliphatic rings. The van der Waals surface area contributed by atoms with Crippen LogP contribution in [-0.4, -0.2) is 96.7 Å². The first-order valence-corrected chi connectivity index (χ1v) is 43.3. The molecule has 0 fully saturated rings. The van der Waals surface area contributed by atoms with E-state index in [1.165, 1.54) is 231 Å². The maximum Gasteiger partial charge on any atom is 0.472 e. The second-order valence-corrected chi connectivity index (χ2v) is 30.7. The normalized spacial score (nSPS) is 13.9. The summed E-state index contributed by atoms with van der Waals surface area (Å²) in [5, 5.41) is 10.6. The summed E-state index contributed by atoms with van der Waals surface area (Å²) in [6, 6.07) is 0. The van der Waals surface area contributed by atoms with Gasteiger partial charge in [0.2, 0.25) is 0 Å². The summed E-state index contributed by atoms with van der Waals surface area (Å²) < 4.78 is 68.4. The molecule has 0 rings (SSSR count). The Morgan fingerprint density at radius 2 is 0.417 bits per heavy atom. The van der Waals surface area contributed by atoms with Crippen molar-refractivity contribution in [2.75, 3.05) is 39.6 Å². The number of rotatable bonds is 78. The van der Waals surface area contributed by atoms with Gasteiger partial charge in [0.1, 0.15) is 19.3 Å². The molecule has 0 saturated carbocycles. The number of hydrogen-bond donors (Lipinski definition) is 3. The summed E-state index contributed by atoms with van der Waals surface area (Å²) in [6.45, 7) is 4.94. The summed E-state index contributed by atoms with van der Waals surface area (Å²) in [4.78, 5) is 72.6. The molecule has 17 nitrogen and oxygen atoms in total. The van der Waals surface area contributed by atoms with Gasteiger partial charge in [0, 0.05) is 25.7 Å². The number of aliphatic hydroxyl groups is 1. The minimum Gasteiger partial charge on any atom is -0.462 e. The van der Waals surface area contributed by atoms with Gasteiger partial charge in [0.15, 0.2) is 12.2 Å². The lowest BCUT2D eigenvalue weighted by Crippen LogP contribution is -2.30. The van der Waals surface area contributed by atoms with E-state index < -0.39 is 97.5 Å². The van der Waals surface area contributed by atoms with Crippen LogP contribution in [0.2, 0.25) is 0 Å². The van der Waals surface area contributed by atoms with E-state index >= 15 is 0 Å². The lowest BCUT2D eigenvalue weighted by Gasteiger charge is -2.21. The molecule has 3 N–H and O–H groups in total. The number of phosphoric ester groups is 2. The van der Waals surface area contributed by atoms with Gasteiger partial charge in [-0.2, -0.15) is 0 Å². The molecule has 0 bridgehead atoms. The lowest BCUT2D eigenvalue weighted by atomic mass is 10.0. The van der Waals surface area contributed by atoms with E-state index in [1.54, 1.807) is 0 Å². The van der Waals surface area contributed by atoms with Gasteiger partial charge in [-0.25, -0.2) is 9.13 Å². The Hall–Kier alpha value is -1.94. The van der Waals surface area contributed by atoms with Crippen LogP contribution in [0.1, 0.15) is 413 Å². The average Bonchev–Trinajstić information content (AvgIpc) is 2.31. The van der Waals surface area contributed by atoms with Crippen molar-refractivity contribution in [3.63, 3.8) is 0 Å². The molecule has 0 aromatic heterocycles.